The smallest absolute Gasteiger partial charge is 0.106 e. The molecule has 0 fully saturated rings. The molecule has 0 aliphatic rings. The number of hydrogen-bond acceptors (Lipinski definition) is 0. The Hall–Kier alpha value is 0.250. The molecule has 0 aromatic heterocycles. The highest BCUT2D eigenvalue weighted by Gasteiger charge is 2.03. The Bertz CT molecular complexity index is 28.5. The Balaban J connectivity index is 2.99. The van der Waals surface area contributed by atoms with Crippen LogP contribution in [0.3, 0.4) is 0 Å². The summed E-state index contributed by atoms with van der Waals surface area (Å²) in [7, 11) is 0. The van der Waals surface area contributed by atoms with Gasteiger partial charge in [-0.3, -0.25) is 0 Å². The minimum Gasteiger partial charge on any atom is -0.232 e. The molecule has 1 nitrogen and oxygen atoms in total. The zero-order valence-corrected chi connectivity index (χ0v) is 4.70. The zero-order chi connectivity index (χ0) is 5.15. The van der Waals surface area contributed by atoms with Gasteiger partial charge in [0.25, 0.3) is 0 Å². The van der Waals surface area contributed by atoms with Crippen molar-refractivity contribution in [3.05, 3.63) is 0 Å². The predicted molar refractivity (Wildman–Crippen MR) is 25.5 cm³/mol. The molecule has 2 atom stereocenters. The lowest BCUT2D eigenvalue weighted by Crippen LogP contribution is -2.09. The van der Waals surface area contributed by atoms with Crippen LogP contribution in [0, 0.1) is 0 Å². The van der Waals surface area contributed by atoms with Crippen molar-refractivity contribution in [3.63, 3.8) is 0 Å². The van der Waals surface area contributed by atoms with Crippen LogP contribution in [0.5, 0.6) is 0 Å². The van der Waals surface area contributed by atoms with Crippen molar-refractivity contribution >= 4 is 11.6 Å². The monoisotopic (exact) mass is 107 g/mol. The van der Waals surface area contributed by atoms with E-state index in [2.05, 4.69) is 0 Å². The molecule has 6 heavy (non-hydrogen) atoms. The van der Waals surface area contributed by atoms with Crippen LogP contribution in [0.1, 0.15) is 13.8 Å². The third-order valence-corrected chi connectivity index (χ3v) is 1.00. The third kappa shape index (κ3) is 2.49. The molecule has 0 aliphatic carbocycles. The number of alkyl halides is 1. The van der Waals surface area contributed by atoms with Gasteiger partial charge in [0.05, 0.1) is 5.38 Å². The molecule has 0 aliphatic heterocycles. The normalized spacial score (nSPS) is 20.0. The van der Waals surface area contributed by atoms with Crippen molar-refractivity contribution in [1.82, 2.24) is 0 Å². The van der Waals surface area contributed by atoms with Crippen LogP contribution in [0.4, 0.5) is 0 Å². The van der Waals surface area contributed by atoms with Gasteiger partial charge in [-0.05, 0) is 13.8 Å². The quantitative estimate of drug-likeness (QED) is 0.452. The molecule has 2 heteroatoms. The van der Waals surface area contributed by atoms with Gasteiger partial charge in [0.15, 0.2) is 0 Å². The van der Waals surface area contributed by atoms with Crippen LogP contribution in [0.15, 0.2) is 0 Å². The lowest BCUT2D eigenvalue weighted by Gasteiger charge is -1.98. The fraction of sp³-hybridized carbons (Fsp3) is 1.00. The minimum atomic E-state index is -0.633. The zero-order valence-electron chi connectivity index (χ0n) is 3.94. The average molecular weight is 108 g/mol. The summed E-state index contributed by atoms with van der Waals surface area (Å²) in [6.07, 6.45) is -0.633. The van der Waals surface area contributed by atoms with Crippen molar-refractivity contribution in [1.29, 1.82) is 0 Å². The van der Waals surface area contributed by atoms with E-state index in [1.807, 2.05) is 0 Å². The lowest BCUT2D eigenvalue weighted by molar-refractivity contribution is 0.105. The maximum absolute atomic E-state index is 10.1. The average Bonchev–Trinajstić information content (AvgIpc) is 1.36. The summed E-state index contributed by atoms with van der Waals surface area (Å²) >= 11 is 5.30. The van der Waals surface area contributed by atoms with Gasteiger partial charge in [0.2, 0.25) is 0 Å². The SMILES string of the molecule is CC([O])C(C)Cl. The van der Waals surface area contributed by atoms with Gasteiger partial charge in [0.1, 0.15) is 6.10 Å². The maximum atomic E-state index is 10.1. The molecule has 0 N–H and O–H groups in total. The van der Waals surface area contributed by atoms with Crippen LogP contribution < -0.4 is 0 Å². The van der Waals surface area contributed by atoms with Crippen molar-refractivity contribution in [2.45, 2.75) is 25.3 Å². The largest absolute Gasteiger partial charge is 0.232 e. The minimum absolute atomic E-state index is 0.231. The summed E-state index contributed by atoms with van der Waals surface area (Å²) in [6, 6.07) is 0. The van der Waals surface area contributed by atoms with E-state index in [0.29, 0.717) is 0 Å². The molecule has 0 amide bonds. The first-order valence-corrected chi connectivity index (χ1v) is 2.38. The molecule has 0 aromatic carbocycles. The molecule has 0 bridgehead atoms. The highest BCUT2D eigenvalue weighted by atomic mass is 35.5. The summed E-state index contributed by atoms with van der Waals surface area (Å²) in [5.74, 6) is 0. The topological polar surface area (TPSA) is 19.9 Å². The molecule has 2 unspecified atom stereocenters. The number of halogens is 1. The second-order valence-electron chi connectivity index (χ2n) is 1.38. The fourth-order valence-corrected chi connectivity index (χ4v) is 0. The van der Waals surface area contributed by atoms with Gasteiger partial charge in [-0.25, -0.2) is 5.11 Å². The van der Waals surface area contributed by atoms with E-state index >= 15 is 0 Å². The lowest BCUT2D eigenvalue weighted by atomic mass is 10.3. The summed E-state index contributed by atoms with van der Waals surface area (Å²) in [5, 5.41) is 9.86. The standard InChI is InChI=1S/C4H8ClO/c1-3(5)4(2)6/h3-4H,1-2H3. The van der Waals surface area contributed by atoms with Gasteiger partial charge in [0, 0.05) is 0 Å². The van der Waals surface area contributed by atoms with Gasteiger partial charge in [-0.2, -0.15) is 0 Å². The summed E-state index contributed by atoms with van der Waals surface area (Å²) in [4.78, 5) is 0. The predicted octanol–water partition coefficient (Wildman–Crippen LogP) is 1.43. The fourth-order valence-electron chi connectivity index (χ4n) is 0. The van der Waals surface area contributed by atoms with E-state index in [4.69, 9.17) is 11.6 Å². The first kappa shape index (κ1) is 6.25. The molecule has 37 valence electrons. The van der Waals surface area contributed by atoms with Gasteiger partial charge in [-0.15, -0.1) is 11.6 Å². The molecule has 0 spiro atoms. The second kappa shape index (κ2) is 2.43. The summed E-state index contributed by atoms with van der Waals surface area (Å²) in [6.45, 7) is 3.25. The molecule has 0 heterocycles. The Morgan fingerprint density at radius 3 is 1.67 bits per heavy atom. The summed E-state index contributed by atoms with van der Waals surface area (Å²) in [5.41, 5.74) is 0. The van der Waals surface area contributed by atoms with E-state index < -0.39 is 6.10 Å². The molecule has 0 saturated carbocycles. The molecule has 0 saturated heterocycles. The molecule has 0 rings (SSSR count). The van der Waals surface area contributed by atoms with Crippen molar-refractivity contribution in [2.75, 3.05) is 0 Å². The first-order chi connectivity index (χ1) is 2.64. The highest BCUT2D eigenvalue weighted by Crippen LogP contribution is 1.98. The Morgan fingerprint density at radius 2 is 1.67 bits per heavy atom. The van der Waals surface area contributed by atoms with E-state index in [1.54, 1.807) is 13.8 Å². The van der Waals surface area contributed by atoms with E-state index in [0.717, 1.165) is 0 Å². The maximum Gasteiger partial charge on any atom is 0.106 e. The van der Waals surface area contributed by atoms with E-state index in [-0.39, 0.29) is 5.38 Å². The molecular weight excluding hydrogens is 99.5 g/mol. The Morgan fingerprint density at radius 1 is 1.50 bits per heavy atom. The molecular formula is C4H8ClO. The van der Waals surface area contributed by atoms with Crippen molar-refractivity contribution < 1.29 is 5.11 Å². The van der Waals surface area contributed by atoms with Crippen LogP contribution in [-0.4, -0.2) is 11.5 Å². The van der Waals surface area contributed by atoms with Gasteiger partial charge < -0.3 is 0 Å². The van der Waals surface area contributed by atoms with Gasteiger partial charge in [-0.1, -0.05) is 0 Å². The number of rotatable bonds is 1. The van der Waals surface area contributed by atoms with Gasteiger partial charge >= 0.3 is 0 Å². The molecule has 0 aromatic rings. The third-order valence-electron chi connectivity index (χ3n) is 0.647. The van der Waals surface area contributed by atoms with Crippen LogP contribution in [-0.2, 0) is 5.11 Å². The second-order valence-corrected chi connectivity index (χ2v) is 2.07. The van der Waals surface area contributed by atoms with Crippen molar-refractivity contribution in [2.24, 2.45) is 0 Å². The van der Waals surface area contributed by atoms with E-state index in [9.17, 15) is 5.11 Å². The summed E-state index contributed by atoms with van der Waals surface area (Å²) < 4.78 is 0. The molecule has 1 radical (unpaired) electrons. The first-order valence-electron chi connectivity index (χ1n) is 1.94. The van der Waals surface area contributed by atoms with Crippen LogP contribution in [0.25, 0.3) is 0 Å². The van der Waals surface area contributed by atoms with Crippen molar-refractivity contribution in [3.8, 4) is 0 Å². The Kier molecular flexibility index (Phi) is 2.53. The Labute approximate surface area is 42.9 Å². The number of hydrogen-bond donors (Lipinski definition) is 0. The highest BCUT2D eigenvalue weighted by molar-refractivity contribution is 6.20. The van der Waals surface area contributed by atoms with E-state index in [1.165, 1.54) is 0 Å². The van der Waals surface area contributed by atoms with Crippen LogP contribution in [0.2, 0.25) is 0 Å². The van der Waals surface area contributed by atoms with Crippen LogP contribution >= 0.6 is 11.6 Å².